The molecule has 1 heterocycles. The second kappa shape index (κ2) is 9.42. The first-order chi connectivity index (χ1) is 11.1. The lowest BCUT2D eigenvalue weighted by molar-refractivity contribution is 0.168. The maximum atomic E-state index is 6.34. The molecule has 2 rings (SSSR count). The zero-order valence-electron chi connectivity index (χ0n) is 13.9. The highest BCUT2D eigenvalue weighted by atomic mass is 35.5. The largest absolute Gasteiger partial charge is 0.383 e. The Hall–Kier alpha value is -0.880. The molecule has 1 aromatic carbocycles. The van der Waals surface area contributed by atoms with Crippen molar-refractivity contribution in [3.63, 3.8) is 0 Å². The van der Waals surface area contributed by atoms with Gasteiger partial charge in [0.1, 0.15) is 0 Å². The van der Waals surface area contributed by atoms with Gasteiger partial charge in [-0.15, -0.1) is 0 Å². The maximum absolute atomic E-state index is 6.34. The van der Waals surface area contributed by atoms with Gasteiger partial charge < -0.3 is 19.9 Å². The number of thiocarbonyl (C=S) groups is 1. The molecule has 128 valence electrons. The number of benzene rings is 1. The van der Waals surface area contributed by atoms with Crippen LogP contribution < -0.4 is 5.32 Å². The molecule has 0 unspecified atom stereocenters. The van der Waals surface area contributed by atoms with Crippen LogP contribution in [0.15, 0.2) is 24.3 Å². The van der Waals surface area contributed by atoms with E-state index in [0.717, 1.165) is 54.7 Å². The van der Waals surface area contributed by atoms with Gasteiger partial charge in [0.2, 0.25) is 0 Å². The molecule has 0 spiro atoms. The highest BCUT2D eigenvalue weighted by Crippen LogP contribution is 2.22. The van der Waals surface area contributed by atoms with Crippen molar-refractivity contribution in [2.45, 2.75) is 25.4 Å². The quantitative estimate of drug-likeness (QED) is 0.625. The molecule has 0 amide bonds. The van der Waals surface area contributed by atoms with E-state index < -0.39 is 0 Å². The molecule has 23 heavy (non-hydrogen) atoms. The van der Waals surface area contributed by atoms with E-state index in [9.17, 15) is 0 Å². The first kappa shape index (κ1) is 18.5. The Bertz CT molecular complexity index is 506. The number of piperidine rings is 1. The second-order valence-electron chi connectivity index (χ2n) is 5.98. The van der Waals surface area contributed by atoms with Crippen LogP contribution in [0.5, 0.6) is 0 Å². The number of methoxy groups -OCH3 is 1. The molecule has 1 aromatic rings. The first-order valence-electron chi connectivity index (χ1n) is 8.07. The minimum absolute atomic E-state index is 0.449. The van der Waals surface area contributed by atoms with Gasteiger partial charge in [-0.05, 0) is 56.8 Å². The van der Waals surface area contributed by atoms with Crippen LogP contribution in [0.4, 0.5) is 0 Å². The zero-order valence-corrected chi connectivity index (χ0v) is 15.5. The average Bonchev–Trinajstić information content (AvgIpc) is 2.55. The van der Waals surface area contributed by atoms with E-state index in [-0.39, 0.29) is 0 Å². The van der Waals surface area contributed by atoms with Gasteiger partial charge in [0.05, 0.1) is 6.61 Å². The summed E-state index contributed by atoms with van der Waals surface area (Å²) in [6.07, 6.45) is 2.24. The molecule has 0 radical (unpaired) electrons. The fourth-order valence-corrected chi connectivity index (χ4v) is 3.36. The summed E-state index contributed by atoms with van der Waals surface area (Å²) in [5, 5.41) is 4.89. The number of rotatable bonds is 6. The predicted octanol–water partition coefficient (Wildman–Crippen LogP) is 2.76. The van der Waals surface area contributed by atoms with Crippen molar-refractivity contribution in [2.75, 3.05) is 40.4 Å². The molecule has 1 N–H and O–H groups in total. The first-order valence-corrected chi connectivity index (χ1v) is 8.85. The molecule has 0 aliphatic carbocycles. The summed E-state index contributed by atoms with van der Waals surface area (Å²) in [6, 6.07) is 8.44. The molecule has 4 nitrogen and oxygen atoms in total. The summed E-state index contributed by atoms with van der Waals surface area (Å²) >= 11 is 12.0. The van der Waals surface area contributed by atoms with E-state index in [2.05, 4.69) is 28.2 Å². The van der Waals surface area contributed by atoms with Crippen LogP contribution in [0.3, 0.4) is 0 Å². The molecule has 6 heteroatoms. The monoisotopic (exact) mass is 355 g/mol. The van der Waals surface area contributed by atoms with Crippen molar-refractivity contribution in [3.8, 4) is 0 Å². The third-order valence-corrected chi connectivity index (χ3v) is 5.02. The number of hydrogen-bond acceptors (Lipinski definition) is 3. The third kappa shape index (κ3) is 5.60. The van der Waals surface area contributed by atoms with Crippen LogP contribution in [0, 0.1) is 0 Å². The number of likely N-dealkylation sites (tertiary alicyclic amines) is 1. The highest BCUT2D eigenvalue weighted by molar-refractivity contribution is 7.80. The van der Waals surface area contributed by atoms with E-state index >= 15 is 0 Å². The summed E-state index contributed by atoms with van der Waals surface area (Å²) in [5.74, 6) is 0. The molecular formula is C17H26ClN3OS. The smallest absolute Gasteiger partial charge is 0.169 e. The topological polar surface area (TPSA) is 27.7 Å². The normalized spacial score (nSPS) is 16.3. The third-order valence-electron chi connectivity index (χ3n) is 4.27. The molecule has 1 aliphatic rings. The van der Waals surface area contributed by atoms with Crippen LogP contribution in [0.2, 0.25) is 5.02 Å². The van der Waals surface area contributed by atoms with Gasteiger partial charge in [-0.3, -0.25) is 0 Å². The zero-order chi connectivity index (χ0) is 16.7. The van der Waals surface area contributed by atoms with Gasteiger partial charge in [0.25, 0.3) is 0 Å². The van der Waals surface area contributed by atoms with Gasteiger partial charge >= 0.3 is 0 Å². The van der Waals surface area contributed by atoms with E-state index in [0.29, 0.717) is 12.6 Å². The van der Waals surface area contributed by atoms with Crippen molar-refractivity contribution < 1.29 is 4.74 Å². The molecule has 0 aromatic heterocycles. The predicted molar refractivity (Wildman–Crippen MR) is 100.0 cm³/mol. The summed E-state index contributed by atoms with van der Waals surface area (Å²) in [7, 11) is 3.87. The van der Waals surface area contributed by atoms with Gasteiger partial charge in [-0.1, -0.05) is 29.8 Å². The van der Waals surface area contributed by atoms with E-state index in [1.807, 2.05) is 18.2 Å². The molecule has 1 fully saturated rings. The highest BCUT2D eigenvalue weighted by Gasteiger charge is 2.25. The Kier molecular flexibility index (Phi) is 7.56. The van der Waals surface area contributed by atoms with Crippen molar-refractivity contribution >= 4 is 28.9 Å². The maximum Gasteiger partial charge on any atom is 0.169 e. The number of nitrogens with one attached hydrogen (secondary N) is 1. The Balaban J connectivity index is 2.07. The van der Waals surface area contributed by atoms with Crippen LogP contribution in [0.25, 0.3) is 0 Å². The molecule has 1 aliphatic heterocycles. The van der Waals surface area contributed by atoms with Gasteiger partial charge in [-0.25, -0.2) is 0 Å². The summed E-state index contributed by atoms with van der Waals surface area (Å²) < 4.78 is 5.10. The lowest BCUT2D eigenvalue weighted by atomic mass is 10.0. The Morgan fingerprint density at radius 2 is 2.09 bits per heavy atom. The van der Waals surface area contributed by atoms with Crippen LogP contribution in [-0.4, -0.2) is 61.4 Å². The van der Waals surface area contributed by atoms with Crippen LogP contribution in [0.1, 0.15) is 18.4 Å². The number of nitrogens with zero attached hydrogens (tertiary/aromatic N) is 2. The Morgan fingerprint density at radius 1 is 1.39 bits per heavy atom. The van der Waals surface area contributed by atoms with Gasteiger partial charge in [-0.2, -0.15) is 0 Å². The molecular weight excluding hydrogens is 330 g/mol. The minimum atomic E-state index is 0.449. The molecule has 1 saturated heterocycles. The lowest BCUT2D eigenvalue weighted by Gasteiger charge is -2.39. The van der Waals surface area contributed by atoms with E-state index in [1.54, 1.807) is 7.11 Å². The van der Waals surface area contributed by atoms with Gasteiger partial charge in [0.15, 0.2) is 5.11 Å². The molecule has 0 atom stereocenters. The van der Waals surface area contributed by atoms with Crippen LogP contribution >= 0.6 is 23.8 Å². The number of halogens is 1. The number of ether oxygens (including phenoxy) is 1. The molecule has 0 bridgehead atoms. The van der Waals surface area contributed by atoms with Crippen molar-refractivity contribution in [1.82, 2.24) is 15.1 Å². The fraction of sp³-hybridized carbons (Fsp3) is 0.588. The van der Waals surface area contributed by atoms with Crippen molar-refractivity contribution in [2.24, 2.45) is 0 Å². The number of hydrogen-bond donors (Lipinski definition) is 1. The SMILES string of the molecule is COCCNC(=S)N(Cc1ccccc1Cl)C1CCN(C)CC1. The summed E-state index contributed by atoms with van der Waals surface area (Å²) in [5.41, 5.74) is 1.11. The summed E-state index contributed by atoms with van der Waals surface area (Å²) in [4.78, 5) is 4.66. The van der Waals surface area contributed by atoms with Crippen molar-refractivity contribution in [1.29, 1.82) is 0 Å². The molecule has 0 saturated carbocycles. The van der Waals surface area contributed by atoms with E-state index in [1.165, 1.54) is 0 Å². The second-order valence-corrected chi connectivity index (χ2v) is 6.77. The standard InChI is InChI=1S/C17H26ClN3OS/c1-20-10-7-15(8-11-20)21(17(23)19-9-12-22-2)13-14-5-3-4-6-16(14)18/h3-6,15H,7-13H2,1-2H3,(H,19,23). The van der Waals surface area contributed by atoms with Gasteiger partial charge in [0, 0.05) is 31.3 Å². The lowest BCUT2D eigenvalue weighted by Crippen LogP contribution is -2.50. The van der Waals surface area contributed by atoms with Crippen molar-refractivity contribution in [3.05, 3.63) is 34.9 Å². The minimum Gasteiger partial charge on any atom is -0.383 e. The average molecular weight is 356 g/mol. The Morgan fingerprint density at radius 3 is 2.74 bits per heavy atom. The summed E-state index contributed by atoms with van der Waals surface area (Å²) in [6.45, 7) is 4.32. The Labute approximate surface area is 149 Å². The fourth-order valence-electron chi connectivity index (χ4n) is 2.85. The van der Waals surface area contributed by atoms with E-state index in [4.69, 9.17) is 28.6 Å². The van der Waals surface area contributed by atoms with Crippen LogP contribution in [-0.2, 0) is 11.3 Å².